The zero-order valence-corrected chi connectivity index (χ0v) is 14.3. The van der Waals surface area contributed by atoms with Gasteiger partial charge in [0.15, 0.2) is 0 Å². The molecule has 0 amide bonds. The summed E-state index contributed by atoms with van der Waals surface area (Å²) >= 11 is 0. The number of piperazine rings is 1. The van der Waals surface area contributed by atoms with Crippen LogP contribution in [0.3, 0.4) is 0 Å². The average Bonchev–Trinajstić information content (AvgIpc) is 2.95. The molecule has 120 valence electrons. The Morgan fingerprint density at radius 2 is 1.90 bits per heavy atom. The highest BCUT2D eigenvalue weighted by Crippen LogP contribution is 2.32. The zero-order valence-electron chi connectivity index (χ0n) is 14.3. The van der Waals surface area contributed by atoms with E-state index in [1.54, 1.807) is 6.33 Å². The Balaban J connectivity index is 2.25. The number of hydrogen-bond acceptors (Lipinski definition) is 4. The third kappa shape index (κ3) is 3.14. The molecular formula is C16H31N5. The van der Waals surface area contributed by atoms with Crippen LogP contribution in [0.15, 0.2) is 6.33 Å². The Kier molecular flexibility index (Phi) is 5.04. The fourth-order valence-corrected chi connectivity index (χ4v) is 3.39. The summed E-state index contributed by atoms with van der Waals surface area (Å²) in [5, 5.41) is 8.11. The summed E-state index contributed by atoms with van der Waals surface area (Å²) in [4.78, 5) is 7.12. The molecule has 0 saturated carbocycles. The van der Waals surface area contributed by atoms with Gasteiger partial charge in [0.2, 0.25) is 0 Å². The van der Waals surface area contributed by atoms with Gasteiger partial charge in [-0.05, 0) is 33.1 Å². The van der Waals surface area contributed by atoms with Gasteiger partial charge in [0.1, 0.15) is 12.2 Å². The molecule has 1 aliphatic rings. The van der Waals surface area contributed by atoms with Crippen molar-refractivity contribution in [2.45, 2.75) is 78.0 Å². The first-order chi connectivity index (χ1) is 10.0. The topological polar surface area (TPSA) is 46.0 Å². The number of nitrogens with one attached hydrogen (secondary N) is 1. The van der Waals surface area contributed by atoms with Gasteiger partial charge in [-0.15, -0.1) is 0 Å². The third-order valence-electron chi connectivity index (χ3n) is 5.48. The van der Waals surface area contributed by atoms with Crippen LogP contribution in [0.4, 0.5) is 0 Å². The Bertz CT molecular complexity index is 451. The van der Waals surface area contributed by atoms with Crippen molar-refractivity contribution in [3.8, 4) is 0 Å². The van der Waals surface area contributed by atoms with E-state index in [9.17, 15) is 0 Å². The zero-order chi connectivity index (χ0) is 15.5. The second-order valence-corrected chi connectivity index (χ2v) is 6.55. The van der Waals surface area contributed by atoms with Gasteiger partial charge in [-0.3, -0.25) is 4.90 Å². The van der Waals surface area contributed by atoms with Gasteiger partial charge in [0.25, 0.3) is 0 Å². The van der Waals surface area contributed by atoms with E-state index in [-0.39, 0.29) is 11.1 Å². The monoisotopic (exact) mass is 293 g/mol. The molecule has 1 unspecified atom stereocenters. The molecule has 0 radical (unpaired) electrons. The van der Waals surface area contributed by atoms with Crippen LogP contribution in [0.25, 0.3) is 0 Å². The van der Waals surface area contributed by atoms with Crippen LogP contribution in [-0.2, 0) is 13.1 Å². The molecule has 1 aromatic heterocycles. The average molecular weight is 293 g/mol. The first-order valence-electron chi connectivity index (χ1n) is 8.39. The van der Waals surface area contributed by atoms with Crippen LogP contribution < -0.4 is 5.32 Å². The lowest BCUT2D eigenvalue weighted by molar-refractivity contribution is -0.00664. The second kappa shape index (κ2) is 6.44. The molecule has 1 fully saturated rings. The second-order valence-electron chi connectivity index (χ2n) is 6.55. The summed E-state index contributed by atoms with van der Waals surface area (Å²) in [6.07, 6.45) is 5.15. The normalized spacial score (nSPS) is 26.1. The van der Waals surface area contributed by atoms with Crippen molar-refractivity contribution < 1.29 is 0 Å². The summed E-state index contributed by atoms with van der Waals surface area (Å²) in [6, 6.07) is 0. The van der Waals surface area contributed by atoms with Gasteiger partial charge >= 0.3 is 0 Å². The minimum Gasteiger partial charge on any atom is -0.308 e. The van der Waals surface area contributed by atoms with E-state index in [2.05, 4.69) is 54.9 Å². The third-order valence-corrected chi connectivity index (χ3v) is 5.48. The minimum atomic E-state index is 0.199. The maximum atomic E-state index is 4.48. The fraction of sp³-hybridized carbons (Fsp3) is 0.875. The smallest absolute Gasteiger partial charge is 0.141 e. The number of rotatable bonds is 6. The van der Waals surface area contributed by atoms with Crippen molar-refractivity contribution in [2.75, 3.05) is 13.1 Å². The highest BCUT2D eigenvalue weighted by molar-refractivity contribution is 5.04. The van der Waals surface area contributed by atoms with E-state index in [0.29, 0.717) is 0 Å². The molecule has 5 heteroatoms. The predicted molar refractivity (Wildman–Crippen MR) is 86.1 cm³/mol. The fourth-order valence-electron chi connectivity index (χ4n) is 3.39. The van der Waals surface area contributed by atoms with E-state index in [0.717, 1.165) is 51.3 Å². The molecular weight excluding hydrogens is 262 g/mol. The SMILES string of the molecule is CCn1ncnc1CN1CC(C)(CC)NCC1(CC)CC. The maximum Gasteiger partial charge on any atom is 0.141 e. The molecule has 1 saturated heterocycles. The summed E-state index contributed by atoms with van der Waals surface area (Å²) in [5.74, 6) is 1.09. The van der Waals surface area contributed by atoms with Gasteiger partial charge in [0, 0.05) is 30.7 Å². The van der Waals surface area contributed by atoms with E-state index < -0.39 is 0 Å². The summed E-state index contributed by atoms with van der Waals surface area (Å²) in [6.45, 7) is 15.2. The van der Waals surface area contributed by atoms with Crippen molar-refractivity contribution in [3.63, 3.8) is 0 Å². The van der Waals surface area contributed by atoms with Crippen LogP contribution in [0.2, 0.25) is 0 Å². The van der Waals surface area contributed by atoms with Crippen molar-refractivity contribution in [3.05, 3.63) is 12.2 Å². The van der Waals surface area contributed by atoms with Gasteiger partial charge in [-0.1, -0.05) is 20.8 Å². The number of hydrogen-bond donors (Lipinski definition) is 1. The van der Waals surface area contributed by atoms with Crippen molar-refractivity contribution in [2.24, 2.45) is 0 Å². The number of nitrogens with zero attached hydrogens (tertiary/aromatic N) is 4. The first kappa shape index (κ1) is 16.4. The van der Waals surface area contributed by atoms with Crippen molar-refractivity contribution >= 4 is 0 Å². The Hall–Kier alpha value is -0.940. The largest absolute Gasteiger partial charge is 0.308 e. The van der Waals surface area contributed by atoms with Gasteiger partial charge < -0.3 is 5.32 Å². The summed E-state index contributed by atoms with van der Waals surface area (Å²) < 4.78 is 2.02. The van der Waals surface area contributed by atoms with Crippen LogP contribution in [0.5, 0.6) is 0 Å². The maximum absolute atomic E-state index is 4.48. The van der Waals surface area contributed by atoms with Crippen LogP contribution in [0.1, 0.15) is 59.7 Å². The van der Waals surface area contributed by atoms with Crippen molar-refractivity contribution in [1.82, 2.24) is 25.0 Å². The Morgan fingerprint density at radius 1 is 1.19 bits per heavy atom. The number of aromatic nitrogens is 3. The van der Waals surface area contributed by atoms with E-state index in [4.69, 9.17) is 0 Å². The molecule has 1 N–H and O–H groups in total. The highest BCUT2D eigenvalue weighted by Gasteiger charge is 2.43. The van der Waals surface area contributed by atoms with Gasteiger partial charge in [0.05, 0.1) is 6.54 Å². The first-order valence-corrected chi connectivity index (χ1v) is 8.39. The van der Waals surface area contributed by atoms with Crippen LogP contribution in [0, 0.1) is 0 Å². The van der Waals surface area contributed by atoms with Gasteiger partial charge in [-0.2, -0.15) is 5.10 Å². The molecule has 2 heterocycles. The molecule has 0 aromatic carbocycles. The molecule has 1 aliphatic heterocycles. The Labute approximate surface area is 129 Å². The Morgan fingerprint density at radius 3 is 2.48 bits per heavy atom. The molecule has 5 nitrogen and oxygen atoms in total. The van der Waals surface area contributed by atoms with E-state index in [1.807, 2.05) is 4.68 Å². The highest BCUT2D eigenvalue weighted by atomic mass is 15.4. The van der Waals surface area contributed by atoms with Crippen molar-refractivity contribution in [1.29, 1.82) is 0 Å². The van der Waals surface area contributed by atoms with Crippen LogP contribution >= 0.6 is 0 Å². The molecule has 0 aliphatic carbocycles. The van der Waals surface area contributed by atoms with Gasteiger partial charge in [-0.25, -0.2) is 9.67 Å². The lowest BCUT2D eigenvalue weighted by Crippen LogP contribution is -2.68. The standard InChI is InChI=1S/C16H31N5/c1-6-15(5)12-20(16(7-2,8-3)11-18-15)10-14-17-13-19-21(14)9-4/h13,18H,6-12H2,1-5H3. The number of aryl methyl sites for hydroxylation is 1. The lowest BCUT2D eigenvalue weighted by Gasteiger charge is -2.53. The van der Waals surface area contributed by atoms with E-state index in [1.165, 1.54) is 0 Å². The molecule has 21 heavy (non-hydrogen) atoms. The molecule has 0 bridgehead atoms. The summed E-state index contributed by atoms with van der Waals surface area (Å²) in [5.41, 5.74) is 0.435. The quantitative estimate of drug-likeness (QED) is 0.875. The molecule has 2 rings (SSSR count). The molecule has 1 aromatic rings. The lowest BCUT2D eigenvalue weighted by atomic mass is 9.82. The summed E-state index contributed by atoms with van der Waals surface area (Å²) in [7, 11) is 0. The molecule has 1 atom stereocenters. The van der Waals surface area contributed by atoms with Crippen LogP contribution in [-0.4, -0.2) is 43.8 Å². The van der Waals surface area contributed by atoms with E-state index >= 15 is 0 Å². The predicted octanol–water partition coefficient (Wildman–Crippen LogP) is 2.43. The minimum absolute atomic E-state index is 0.199. The molecule has 0 spiro atoms.